The summed E-state index contributed by atoms with van der Waals surface area (Å²) >= 11 is 0. The van der Waals surface area contributed by atoms with Crippen LogP contribution >= 0.6 is 0 Å². The Bertz CT molecular complexity index is 702. The van der Waals surface area contributed by atoms with Crippen LogP contribution in [0.1, 0.15) is 38.8 Å². The molecular formula is C21H29FN2O3. The Morgan fingerprint density at radius 3 is 2.78 bits per heavy atom. The summed E-state index contributed by atoms with van der Waals surface area (Å²) in [6.07, 6.45) is 2.65. The lowest BCUT2D eigenvalue weighted by Crippen LogP contribution is -2.45. The van der Waals surface area contributed by atoms with E-state index in [9.17, 15) is 9.50 Å². The molecule has 3 rings (SSSR count). The molecule has 1 aromatic carbocycles. The standard InChI is InChI=1S/C21H29FN2O3/c1-14(2)9-10-23-13-21-19(25)8-7-18(26-21)11-17-12-20(27-24-17)15-3-5-16(22)6-4-15/h3-6,12,14,18-19,21,23,25H,7-11,13H2,1-2H3. The van der Waals surface area contributed by atoms with E-state index in [2.05, 4.69) is 24.3 Å². The first kappa shape index (κ1) is 20.0. The third-order valence-corrected chi connectivity index (χ3v) is 4.95. The summed E-state index contributed by atoms with van der Waals surface area (Å²) in [5, 5.41) is 17.7. The molecule has 2 heterocycles. The third-order valence-electron chi connectivity index (χ3n) is 4.95. The van der Waals surface area contributed by atoms with E-state index in [0.717, 1.165) is 37.1 Å². The molecule has 148 valence electrons. The Labute approximate surface area is 159 Å². The van der Waals surface area contributed by atoms with Gasteiger partial charge in [0.05, 0.1) is 24.0 Å². The molecule has 3 atom stereocenters. The van der Waals surface area contributed by atoms with Crippen molar-refractivity contribution >= 4 is 0 Å². The highest BCUT2D eigenvalue weighted by Crippen LogP contribution is 2.25. The number of nitrogens with zero attached hydrogens (tertiary/aromatic N) is 1. The van der Waals surface area contributed by atoms with Gasteiger partial charge in [0.15, 0.2) is 5.76 Å². The zero-order valence-corrected chi connectivity index (χ0v) is 16.0. The normalized spacial score (nSPS) is 23.1. The number of nitrogens with one attached hydrogen (secondary N) is 1. The molecular weight excluding hydrogens is 347 g/mol. The van der Waals surface area contributed by atoms with Crippen LogP contribution in [0.15, 0.2) is 34.9 Å². The lowest BCUT2D eigenvalue weighted by Gasteiger charge is -2.34. The Hall–Kier alpha value is -1.76. The number of aliphatic hydroxyl groups excluding tert-OH is 1. The van der Waals surface area contributed by atoms with E-state index in [1.807, 2.05) is 6.07 Å². The van der Waals surface area contributed by atoms with Crippen molar-refractivity contribution in [1.29, 1.82) is 0 Å². The van der Waals surface area contributed by atoms with E-state index in [1.165, 1.54) is 12.1 Å². The van der Waals surface area contributed by atoms with Gasteiger partial charge in [-0.3, -0.25) is 0 Å². The van der Waals surface area contributed by atoms with E-state index in [0.29, 0.717) is 24.6 Å². The largest absolute Gasteiger partial charge is 0.390 e. The quantitative estimate of drug-likeness (QED) is 0.690. The van der Waals surface area contributed by atoms with Gasteiger partial charge >= 0.3 is 0 Å². The van der Waals surface area contributed by atoms with Gasteiger partial charge in [-0.1, -0.05) is 19.0 Å². The molecule has 0 spiro atoms. The molecule has 0 radical (unpaired) electrons. The fraction of sp³-hybridized carbons (Fsp3) is 0.571. The second-order valence-corrected chi connectivity index (χ2v) is 7.72. The Balaban J connectivity index is 1.52. The molecule has 0 bridgehead atoms. The molecule has 1 fully saturated rings. The number of ether oxygens (including phenoxy) is 1. The van der Waals surface area contributed by atoms with Gasteiger partial charge in [-0.2, -0.15) is 0 Å². The number of aromatic nitrogens is 1. The second kappa shape index (κ2) is 9.44. The van der Waals surface area contributed by atoms with Gasteiger partial charge in [-0.25, -0.2) is 4.39 Å². The van der Waals surface area contributed by atoms with Crippen molar-refractivity contribution in [3.05, 3.63) is 41.8 Å². The second-order valence-electron chi connectivity index (χ2n) is 7.72. The summed E-state index contributed by atoms with van der Waals surface area (Å²) in [4.78, 5) is 0. The Kier molecular flexibility index (Phi) is 6.99. The molecule has 3 unspecified atom stereocenters. The van der Waals surface area contributed by atoms with Crippen LogP contribution in [0.5, 0.6) is 0 Å². The highest BCUT2D eigenvalue weighted by molar-refractivity contribution is 5.57. The molecule has 0 amide bonds. The number of halogens is 1. The van der Waals surface area contributed by atoms with Gasteiger partial charge in [0.25, 0.3) is 0 Å². The van der Waals surface area contributed by atoms with Gasteiger partial charge < -0.3 is 19.7 Å². The maximum atomic E-state index is 13.0. The van der Waals surface area contributed by atoms with Crippen molar-refractivity contribution in [2.75, 3.05) is 13.1 Å². The first-order valence-corrected chi connectivity index (χ1v) is 9.77. The molecule has 5 nitrogen and oxygen atoms in total. The van der Waals surface area contributed by atoms with Crippen molar-refractivity contribution in [1.82, 2.24) is 10.5 Å². The first-order valence-electron chi connectivity index (χ1n) is 9.77. The number of aliphatic hydroxyl groups is 1. The van der Waals surface area contributed by atoms with Crippen molar-refractivity contribution in [2.24, 2.45) is 5.92 Å². The van der Waals surface area contributed by atoms with Crippen LogP contribution in [0.2, 0.25) is 0 Å². The summed E-state index contributed by atoms with van der Waals surface area (Å²) in [7, 11) is 0. The third kappa shape index (κ3) is 5.86. The van der Waals surface area contributed by atoms with Gasteiger partial charge in [-0.15, -0.1) is 0 Å². The summed E-state index contributed by atoms with van der Waals surface area (Å²) in [6, 6.07) is 8.02. The molecule has 0 saturated carbocycles. The highest BCUT2D eigenvalue weighted by Gasteiger charge is 2.30. The number of benzene rings is 1. The molecule has 1 aliphatic heterocycles. The number of rotatable bonds is 8. The van der Waals surface area contributed by atoms with Crippen LogP contribution in [0.25, 0.3) is 11.3 Å². The summed E-state index contributed by atoms with van der Waals surface area (Å²) in [5.74, 6) is 0.998. The van der Waals surface area contributed by atoms with Crippen LogP contribution in [0.3, 0.4) is 0 Å². The van der Waals surface area contributed by atoms with Crippen molar-refractivity contribution in [3.63, 3.8) is 0 Å². The van der Waals surface area contributed by atoms with E-state index in [4.69, 9.17) is 9.26 Å². The summed E-state index contributed by atoms with van der Waals surface area (Å²) in [5.41, 5.74) is 1.60. The minimum atomic E-state index is -0.431. The minimum Gasteiger partial charge on any atom is -0.390 e. The van der Waals surface area contributed by atoms with E-state index < -0.39 is 6.10 Å². The predicted molar refractivity (Wildman–Crippen MR) is 102 cm³/mol. The minimum absolute atomic E-state index is 0.0106. The van der Waals surface area contributed by atoms with Gasteiger partial charge in [-0.05, 0) is 56.0 Å². The zero-order chi connectivity index (χ0) is 19.2. The molecule has 1 saturated heterocycles. The highest BCUT2D eigenvalue weighted by atomic mass is 19.1. The van der Waals surface area contributed by atoms with Crippen molar-refractivity contribution in [3.8, 4) is 11.3 Å². The zero-order valence-electron chi connectivity index (χ0n) is 16.0. The SMILES string of the molecule is CC(C)CCNCC1OC(Cc2cc(-c3ccc(F)cc3)on2)CCC1O. The average Bonchev–Trinajstić information content (AvgIpc) is 3.10. The lowest BCUT2D eigenvalue weighted by atomic mass is 9.98. The van der Waals surface area contributed by atoms with E-state index in [1.54, 1.807) is 12.1 Å². The maximum absolute atomic E-state index is 13.0. The predicted octanol–water partition coefficient (Wildman–Crippen LogP) is 3.57. The van der Waals surface area contributed by atoms with Gasteiger partial charge in [0.1, 0.15) is 5.82 Å². The molecule has 2 aromatic rings. The number of hydrogen-bond donors (Lipinski definition) is 2. The topological polar surface area (TPSA) is 67.5 Å². The molecule has 6 heteroatoms. The molecule has 27 heavy (non-hydrogen) atoms. The van der Waals surface area contributed by atoms with E-state index >= 15 is 0 Å². The Morgan fingerprint density at radius 1 is 1.26 bits per heavy atom. The van der Waals surface area contributed by atoms with Crippen LogP contribution in [0, 0.1) is 11.7 Å². The van der Waals surface area contributed by atoms with Crippen LogP contribution in [-0.4, -0.2) is 41.7 Å². The fourth-order valence-corrected chi connectivity index (χ4v) is 3.31. The summed E-state index contributed by atoms with van der Waals surface area (Å²) in [6.45, 7) is 5.98. The Morgan fingerprint density at radius 2 is 2.04 bits per heavy atom. The van der Waals surface area contributed by atoms with E-state index in [-0.39, 0.29) is 18.0 Å². The maximum Gasteiger partial charge on any atom is 0.167 e. The molecule has 1 aromatic heterocycles. The van der Waals surface area contributed by atoms with Crippen molar-refractivity contribution in [2.45, 2.75) is 57.8 Å². The lowest BCUT2D eigenvalue weighted by molar-refractivity contribution is -0.114. The monoisotopic (exact) mass is 376 g/mol. The van der Waals surface area contributed by atoms with Crippen LogP contribution < -0.4 is 5.32 Å². The van der Waals surface area contributed by atoms with Crippen molar-refractivity contribution < 1.29 is 18.8 Å². The first-order chi connectivity index (χ1) is 13.0. The van der Waals surface area contributed by atoms with Crippen LogP contribution in [-0.2, 0) is 11.2 Å². The fourth-order valence-electron chi connectivity index (χ4n) is 3.31. The molecule has 1 aliphatic rings. The number of hydrogen-bond acceptors (Lipinski definition) is 5. The molecule has 2 N–H and O–H groups in total. The van der Waals surface area contributed by atoms with Gasteiger partial charge in [0.2, 0.25) is 0 Å². The van der Waals surface area contributed by atoms with Gasteiger partial charge in [0, 0.05) is 24.6 Å². The van der Waals surface area contributed by atoms with Crippen LogP contribution in [0.4, 0.5) is 4.39 Å². The summed E-state index contributed by atoms with van der Waals surface area (Å²) < 4.78 is 24.5. The smallest absolute Gasteiger partial charge is 0.167 e. The molecule has 0 aliphatic carbocycles. The average molecular weight is 376 g/mol.